The van der Waals surface area contributed by atoms with E-state index in [1.807, 2.05) is 20.8 Å². The molecule has 212 valence electrons. The first-order chi connectivity index (χ1) is 17.2. The zero-order valence-corrected chi connectivity index (χ0v) is 21.7. The highest BCUT2D eigenvalue weighted by Crippen LogP contribution is 2.32. The first-order valence-corrected chi connectivity index (χ1v) is 12.3. The van der Waals surface area contributed by atoms with E-state index in [1.54, 1.807) is 4.57 Å². The van der Waals surface area contributed by atoms with Gasteiger partial charge in [-0.2, -0.15) is 13.2 Å². The van der Waals surface area contributed by atoms with E-state index in [-0.39, 0.29) is 24.4 Å². The Hall–Kier alpha value is -2.67. The minimum absolute atomic E-state index is 0.135. The zero-order valence-electron chi connectivity index (χ0n) is 21.7. The molecule has 2 fully saturated rings. The topological polar surface area (TPSA) is 134 Å². The lowest BCUT2D eigenvalue weighted by Crippen LogP contribution is -2.29. The smallest absolute Gasteiger partial charge is 0.434 e. The molecule has 2 aliphatic heterocycles. The maximum atomic E-state index is 13.0. The van der Waals surface area contributed by atoms with Crippen LogP contribution in [0.5, 0.6) is 0 Å². The van der Waals surface area contributed by atoms with Crippen LogP contribution in [0.4, 0.5) is 13.2 Å². The summed E-state index contributed by atoms with van der Waals surface area (Å²) in [7, 11) is 0. The number of nitrogens with zero attached hydrogens (tertiary/aromatic N) is 3. The molecule has 1 aromatic heterocycles. The third kappa shape index (κ3) is 14.0. The first kappa shape index (κ1) is 32.4. The van der Waals surface area contributed by atoms with Crippen molar-refractivity contribution < 1.29 is 42.5 Å². The third-order valence-corrected chi connectivity index (χ3v) is 5.61. The molecule has 3 N–H and O–H groups in total. The number of halogens is 3. The number of aliphatic carboxylic acids is 2. The molecule has 1 aromatic rings. The fraction of sp³-hybridized carbons (Fsp3) is 0.750. The van der Waals surface area contributed by atoms with Crippen molar-refractivity contribution >= 4 is 18.4 Å². The Kier molecular flexibility index (Phi) is 13.6. The number of ether oxygens (including phenoxy) is 1. The van der Waals surface area contributed by atoms with Gasteiger partial charge < -0.3 is 29.7 Å². The molecule has 0 atom stereocenters. The van der Waals surface area contributed by atoms with Gasteiger partial charge in [-0.05, 0) is 72.6 Å². The number of aromatic nitrogens is 2. The quantitative estimate of drug-likeness (QED) is 0.428. The number of imidazole rings is 1. The second-order valence-electron chi connectivity index (χ2n) is 9.86. The van der Waals surface area contributed by atoms with Crippen molar-refractivity contribution in [2.75, 3.05) is 32.7 Å². The van der Waals surface area contributed by atoms with E-state index in [0.29, 0.717) is 18.8 Å². The molecule has 0 unspecified atom stereocenters. The minimum Gasteiger partial charge on any atom is -0.481 e. The summed E-state index contributed by atoms with van der Waals surface area (Å²) >= 11 is 0. The van der Waals surface area contributed by atoms with Crippen LogP contribution in [0.1, 0.15) is 76.7 Å². The van der Waals surface area contributed by atoms with Gasteiger partial charge in [-0.3, -0.25) is 14.4 Å². The number of carbonyl (C=O) groups is 3. The van der Waals surface area contributed by atoms with Crippen LogP contribution in [-0.4, -0.2) is 81.4 Å². The van der Waals surface area contributed by atoms with E-state index in [9.17, 15) is 27.6 Å². The van der Waals surface area contributed by atoms with Crippen LogP contribution >= 0.6 is 0 Å². The number of rotatable bonds is 8. The van der Waals surface area contributed by atoms with Gasteiger partial charge in [-0.25, -0.2) is 4.98 Å². The molecule has 0 bridgehead atoms. The summed E-state index contributed by atoms with van der Waals surface area (Å²) in [5.74, 6) is -1.40. The summed E-state index contributed by atoms with van der Waals surface area (Å²) in [5.41, 5.74) is -1.07. The molecule has 37 heavy (non-hydrogen) atoms. The predicted molar refractivity (Wildman–Crippen MR) is 129 cm³/mol. The highest BCUT2D eigenvalue weighted by Gasteiger charge is 2.36. The van der Waals surface area contributed by atoms with Crippen molar-refractivity contribution in [1.82, 2.24) is 19.8 Å². The van der Waals surface area contributed by atoms with Crippen molar-refractivity contribution in [2.24, 2.45) is 0 Å². The summed E-state index contributed by atoms with van der Waals surface area (Å²) in [4.78, 5) is 35.1. The van der Waals surface area contributed by atoms with E-state index < -0.39 is 23.8 Å². The molecule has 0 amide bonds. The van der Waals surface area contributed by atoms with Gasteiger partial charge in [0.25, 0.3) is 6.47 Å². The van der Waals surface area contributed by atoms with Gasteiger partial charge in [-0.1, -0.05) is 0 Å². The monoisotopic (exact) mass is 536 g/mol. The highest BCUT2D eigenvalue weighted by atomic mass is 19.4. The Balaban J connectivity index is 0.000000378. The number of carboxylic acids is 2. The van der Waals surface area contributed by atoms with Crippen molar-refractivity contribution in [1.29, 1.82) is 0 Å². The molecule has 2 saturated heterocycles. The molecule has 0 radical (unpaired) electrons. The van der Waals surface area contributed by atoms with Crippen molar-refractivity contribution in [3.63, 3.8) is 0 Å². The molecule has 3 heterocycles. The number of likely N-dealkylation sites (tertiary alicyclic amines) is 1. The average Bonchev–Trinajstić information content (AvgIpc) is 3.47. The molecule has 0 saturated carbocycles. The Bertz CT molecular complexity index is 829. The molecule has 3 rings (SSSR count). The fourth-order valence-electron chi connectivity index (χ4n) is 3.77. The fourth-order valence-corrected chi connectivity index (χ4v) is 3.77. The molecule has 2 aliphatic rings. The Morgan fingerprint density at radius 2 is 1.62 bits per heavy atom. The lowest BCUT2D eigenvalue weighted by Gasteiger charge is -2.24. The van der Waals surface area contributed by atoms with Crippen LogP contribution in [0, 0.1) is 0 Å². The molecule has 0 aromatic carbocycles. The van der Waals surface area contributed by atoms with Crippen LogP contribution in [0.2, 0.25) is 0 Å². The average molecular weight is 537 g/mol. The Morgan fingerprint density at radius 3 is 2.03 bits per heavy atom. The van der Waals surface area contributed by atoms with Crippen molar-refractivity contribution in [3.8, 4) is 0 Å². The van der Waals surface area contributed by atoms with E-state index in [2.05, 4.69) is 19.9 Å². The third-order valence-electron chi connectivity index (χ3n) is 5.61. The van der Waals surface area contributed by atoms with E-state index in [0.717, 1.165) is 45.6 Å². The highest BCUT2D eigenvalue weighted by molar-refractivity contribution is 5.75. The number of nitrogens with one attached hydrogen (secondary N) is 1. The Morgan fingerprint density at radius 1 is 1.08 bits per heavy atom. The largest absolute Gasteiger partial charge is 0.481 e. The van der Waals surface area contributed by atoms with Crippen LogP contribution < -0.4 is 5.32 Å². The van der Waals surface area contributed by atoms with Gasteiger partial charge in [0.1, 0.15) is 11.4 Å². The summed E-state index contributed by atoms with van der Waals surface area (Å²) in [5, 5.41) is 19.0. The lowest BCUT2D eigenvalue weighted by atomic mass is 9.97. The number of carboxylic acid groups (broad SMARTS) is 2. The maximum absolute atomic E-state index is 13.0. The summed E-state index contributed by atoms with van der Waals surface area (Å²) in [6.07, 6.45) is 0.354. The van der Waals surface area contributed by atoms with Crippen LogP contribution in [0.3, 0.4) is 0 Å². The standard InChI is InChI=1S/C15H23F3N4.C5H10O2.C4H6O4/c16-15(17,18)13-11-22(10-9-21-7-1-2-8-21)14(20-13)12-3-5-19-6-4-12;1-5(2,3)7-4-6;5-3(6)1-2-4(7)8/h11-12,19H,1-10H2;4H,1-3H3;1-2H2,(H,5,6)(H,7,8). The van der Waals surface area contributed by atoms with E-state index in [4.69, 9.17) is 10.2 Å². The second kappa shape index (κ2) is 15.6. The van der Waals surface area contributed by atoms with Gasteiger partial charge in [0.15, 0.2) is 5.69 Å². The molecule has 10 nitrogen and oxygen atoms in total. The number of alkyl halides is 3. The summed E-state index contributed by atoms with van der Waals surface area (Å²) < 4.78 is 45.3. The summed E-state index contributed by atoms with van der Waals surface area (Å²) in [6, 6.07) is 0. The van der Waals surface area contributed by atoms with Crippen molar-refractivity contribution in [3.05, 3.63) is 17.7 Å². The molecule has 0 spiro atoms. The van der Waals surface area contributed by atoms with Crippen LogP contribution in [-0.2, 0) is 31.8 Å². The number of hydrogen-bond acceptors (Lipinski definition) is 7. The van der Waals surface area contributed by atoms with Gasteiger partial charge in [0.2, 0.25) is 0 Å². The van der Waals surface area contributed by atoms with E-state index in [1.165, 1.54) is 19.0 Å². The second-order valence-corrected chi connectivity index (χ2v) is 9.86. The van der Waals surface area contributed by atoms with E-state index >= 15 is 0 Å². The minimum atomic E-state index is -4.36. The first-order valence-electron chi connectivity index (χ1n) is 12.3. The van der Waals surface area contributed by atoms with Gasteiger partial charge in [-0.15, -0.1) is 0 Å². The lowest BCUT2D eigenvalue weighted by molar-refractivity contribution is -0.143. The molecular formula is C24H39F3N4O6. The number of piperidine rings is 1. The normalized spacial score (nSPS) is 16.7. The Labute approximate surface area is 215 Å². The summed E-state index contributed by atoms with van der Waals surface area (Å²) in [6.45, 7) is 11.2. The SMILES string of the molecule is CC(C)(C)OC=O.FC(F)(F)c1cn(CCN2CCCC2)c(C2CCNCC2)n1.O=C(O)CCC(=O)O. The zero-order chi connectivity index (χ0) is 28.1. The predicted octanol–water partition coefficient (Wildman–Crippen LogP) is 3.36. The van der Waals surface area contributed by atoms with Gasteiger partial charge in [0.05, 0.1) is 12.8 Å². The van der Waals surface area contributed by atoms with Gasteiger partial charge >= 0.3 is 18.1 Å². The number of hydrogen-bond donors (Lipinski definition) is 3. The van der Waals surface area contributed by atoms with Gasteiger partial charge in [0, 0.05) is 25.2 Å². The molecular weight excluding hydrogens is 497 g/mol. The number of carbonyl (C=O) groups excluding carboxylic acids is 1. The maximum Gasteiger partial charge on any atom is 0.434 e. The molecule has 13 heteroatoms. The molecule has 0 aliphatic carbocycles. The van der Waals surface area contributed by atoms with Crippen LogP contribution in [0.25, 0.3) is 0 Å². The van der Waals surface area contributed by atoms with Crippen molar-refractivity contribution in [2.45, 2.75) is 83.5 Å². The van der Waals surface area contributed by atoms with Crippen LogP contribution in [0.15, 0.2) is 6.20 Å².